The molecule has 2 N–H and O–H groups in total. The molecule has 0 aromatic heterocycles. The van der Waals surface area contributed by atoms with Crippen molar-refractivity contribution in [2.75, 3.05) is 27.7 Å². The van der Waals surface area contributed by atoms with Crippen molar-refractivity contribution in [3.05, 3.63) is 65.7 Å². The van der Waals surface area contributed by atoms with Crippen LogP contribution in [0.5, 0.6) is 0 Å². The summed E-state index contributed by atoms with van der Waals surface area (Å²) >= 11 is 0. The average Bonchev–Trinajstić information content (AvgIpc) is 2.67. The molecular weight excluding hydrogens is 362 g/mol. The summed E-state index contributed by atoms with van der Waals surface area (Å²) in [7, 11) is 1.93. The van der Waals surface area contributed by atoms with E-state index in [1.807, 2.05) is 32.3 Å². The zero-order valence-electron chi connectivity index (χ0n) is 16.0. The molecule has 0 bridgehead atoms. The van der Waals surface area contributed by atoms with E-state index >= 15 is 0 Å². The van der Waals surface area contributed by atoms with Crippen LogP contribution in [0.4, 0.5) is 0 Å². The first-order valence-electron chi connectivity index (χ1n) is 8.84. The van der Waals surface area contributed by atoms with E-state index in [1.165, 1.54) is 7.05 Å². The number of aryl methyl sites for hydroxylation is 1. The maximum atomic E-state index is 12.2. The molecule has 0 saturated carbocycles. The summed E-state index contributed by atoms with van der Waals surface area (Å²) in [6.45, 7) is 0.537. The third-order valence-electron chi connectivity index (χ3n) is 4.44. The van der Waals surface area contributed by atoms with Crippen LogP contribution in [0.15, 0.2) is 59.5 Å². The monoisotopic (exact) mass is 389 g/mol. The fourth-order valence-corrected chi connectivity index (χ4v) is 3.51. The van der Waals surface area contributed by atoms with Crippen molar-refractivity contribution in [1.82, 2.24) is 14.9 Å². The Morgan fingerprint density at radius 3 is 2.22 bits per heavy atom. The lowest BCUT2D eigenvalue weighted by Gasteiger charge is -2.25. The topological polar surface area (TPSA) is 78.5 Å². The molecule has 7 heteroatoms. The molecule has 1 atom stereocenters. The highest BCUT2D eigenvalue weighted by atomic mass is 32.2. The third kappa shape index (κ3) is 6.16. The van der Waals surface area contributed by atoms with Crippen LogP contribution in [0.1, 0.15) is 23.6 Å². The molecule has 2 aromatic rings. The number of carbonyl (C=O) groups is 1. The number of hydrogen-bond donors (Lipinski definition) is 2. The second-order valence-electron chi connectivity index (χ2n) is 6.55. The number of nitrogens with zero attached hydrogens (tertiary/aromatic N) is 1. The van der Waals surface area contributed by atoms with E-state index in [4.69, 9.17) is 0 Å². The Kier molecular flexibility index (Phi) is 7.53. The van der Waals surface area contributed by atoms with Crippen LogP contribution in [0, 0.1) is 0 Å². The summed E-state index contributed by atoms with van der Waals surface area (Å²) in [6, 6.07) is 16.8. The van der Waals surface area contributed by atoms with Crippen LogP contribution < -0.4 is 10.0 Å². The summed E-state index contributed by atoms with van der Waals surface area (Å²) in [6.07, 6.45) is 0.913. The van der Waals surface area contributed by atoms with Crippen molar-refractivity contribution in [3.8, 4) is 0 Å². The van der Waals surface area contributed by atoms with Crippen LogP contribution in [0.2, 0.25) is 0 Å². The molecule has 2 aromatic carbocycles. The van der Waals surface area contributed by atoms with Gasteiger partial charge in [0.2, 0.25) is 15.9 Å². The molecule has 2 rings (SSSR count). The Balaban J connectivity index is 1.87. The Morgan fingerprint density at radius 2 is 1.67 bits per heavy atom. The molecule has 6 nitrogen and oxygen atoms in total. The van der Waals surface area contributed by atoms with Gasteiger partial charge in [0.25, 0.3) is 0 Å². The van der Waals surface area contributed by atoms with Gasteiger partial charge in [-0.25, -0.2) is 13.1 Å². The largest absolute Gasteiger partial charge is 0.354 e. The van der Waals surface area contributed by atoms with Gasteiger partial charge in [-0.05, 0) is 50.8 Å². The highest BCUT2D eigenvalue weighted by molar-refractivity contribution is 7.89. The summed E-state index contributed by atoms with van der Waals surface area (Å²) in [5, 5.41) is 2.99. The molecule has 0 aliphatic carbocycles. The first kappa shape index (κ1) is 21.1. The SMILES string of the molecule is CNS(=O)(=O)c1ccc(CCC(=O)NCC(c2ccccc2)N(C)C)cc1. The van der Waals surface area contributed by atoms with Crippen LogP contribution in [-0.2, 0) is 21.2 Å². The number of carbonyl (C=O) groups excluding carboxylic acids is 1. The number of nitrogens with one attached hydrogen (secondary N) is 2. The van der Waals surface area contributed by atoms with Gasteiger partial charge in [0.05, 0.1) is 10.9 Å². The summed E-state index contributed by atoms with van der Waals surface area (Å²) in [5.74, 6) is -0.0234. The molecule has 1 unspecified atom stereocenters. The van der Waals surface area contributed by atoms with Crippen molar-refractivity contribution in [2.45, 2.75) is 23.8 Å². The fourth-order valence-electron chi connectivity index (χ4n) is 2.78. The number of rotatable bonds is 9. The molecule has 0 saturated heterocycles. The Bertz CT molecular complexity index is 835. The maximum Gasteiger partial charge on any atom is 0.240 e. The highest BCUT2D eigenvalue weighted by Crippen LogP contribution is 2.17. The molecule has 0 aliphatic rings. The zero-order chi connectivity index (χ0) is 19.9. The first-order valence-corrected chi connectivity index (χ1v) is 10.3. The zero-order valence-corrected chi connectivity index (χ0v) is 16.8. The normalized spacial score (nSPS) is 12.7. The number of benzene rings is 2. The minimum absolute atomic E-state index is 0.0234. The summed E-state index contributed by atoms with van der Waals surface area (Å²) in [4.78, 5) is 14.5. The van der Waals surface area contributed by atoms with E-state index in [2.05, 4.69) is 27.1 Å². The van der Waals surface area contributed by atoms with Crippen molar-refractivity contribution < 1.29 is 13.2 Å². The Morgan fingerprint density at radius 1 is 1.04 bits per heavy atom. The Hall–Kier alpha value is -2.22. The van der Waals surface area contributed by atoms with E-state index in [0.717, 1.165) is 11.1 Å². The van der Waals surface area contributed by atoms with Gasteiger partial charge in [-0.15, -0.1) is 0 Å². The maximum absolute atomic E-state index is 12.2. The molecule has 0 heterocycles. The fraction of sp³-hybridized carbons (Fsp3) is 0.350. The van der Waals surface area contributed by atoms with E-state index < -0.39 is 10.0 Å². The number of likely N-dealkylation sites (N-methyl/N-ethyl adjacent to an activating group) is 1. The van der Waals surface area contributed by atoms with Gasteiger partial charge >= 0.3 is 0 Å². The van der Waals surface area contributed by atoms with Gasteiger partial charge in [0, 0.05) is 13.0 Å². The molecule has 0 aliphatic heterocycles. The van der Waals surface area contributed by atoms with E-state index in [-0.39, 0.29) is 16.8 Å². The van der Waals surface area contributed by atoms with Crippen LogP contribution in [0.25, 0.3) is 0 Å². The van der Waals surface area contributed by atoms with Gasteiger partial charge < -0.3 is 10.2 Å². The van der Waals surface area contributed by atoms with Gasteiger partial charge in [0.1, 0.15) is 0 Å². The van der Waals surface area contributed by atoms with Crippen molar-refractivity contribution in [3.63, 3.8) is 0 Å². The van der Waals surface area contributed by atoms with Crippen molar-refractivity contribution >= 4 is 15.9 Å². The quantitative estimate of drug-likeness (QED) is 0.687. The predicted octanol–water partition coefficient (Wildman–Crippen LogP) is 1.95. The minimum atomic E-state index is -3.43. The molecule has 0 radical (unpaired) electrons. The van der Waals surface area contributed by atoms with E-state index in [0.29, 0.717) is 19.4 Å². The molecule has 0 fully saturated rings. The first-order chi connectivity index (χ1) is 12.8. The lowest BCUT2D eigenvalue weighted by atomic mass is 10.1. The lowest BCUT2D eigenvalue weighted by Crippen LogP contribution is -2.34. The number of sulfonamides is 1. The summed E-state index contributed by atoms with van der Waals surface area (Å²) < 4.78 is 25.7. The summed E-state index contributed by atoms with van der Waals surface area (Å²) in [5.41, 5.74) is 2.08. The predicted molar refractivity (Wildman–Crippen MR) is 107 cm³/mol. The molecule has 0 spiro atoms. The lowest BCUT2D eigenvalue weighted by molar-refractivity contribution is -0.121. The Labute approximate surface area is 161 Å². The molecule has 27 heavy (non-hydrogen) atoms. The second-order valence-corrected chi connectivity index (χ2v) is 8.43. The van der Waals surface area contributed by atoms with Gasteiger partial charge in [-0.1, -0.05) is 42.5 Å². The molecular formula is C20H27N3O3S. The van der Waals surface area contributed by atoms with Crippen molar-refractivity contribution in [2.24, 2.45) is 0 Å². The highest BCUT2D eigenvalue weighted by Gasteiger charge is 2.15. The minimum Gasteiger partial charge on any atom is -0.354 e. The van der Waals surface area contributed by atoms with Crippen molar-refractivity contribution in [1.29, 1.82) is 0 Å². The van der Waals surface area contributed by atoms with Crippen LogP contribution in [0.3, 0.4) is 0 Å². The molecule has 146 valence electrons. The number of amides is 1. The van der Waals surface area contributed by atoms with Gasteiger partial charge in [0.15, 0.2) is 0 Å². The third-order valence-corrected chi connectivity index (χ3v) is 5.87. The van der Waals surface area contributed by atoms with Gasteiger partial charge in [-0.3, -0.25) is 4.79 Å². The average molecular weight is 390 g/mol. The van der Waals surface area contributed by atoms with Gasteiger partial charge in [-0.2, -0.15) is 0 Å². The molecule has 1 amide bonds. The second kappa shape index (κ2) is 9.64. The smallest absolute Gasteiger partial charge is 0.240 e. The van der Waals surface area contributed by atoms with Crippen LogP contribution >= 0.6 is 0 Å². The number of hydrogen-bond acceptors (Lipinski definition) is 4. The van der Waals surface area contributed by atoms with E-state index in [1.54, 1.807) is 24.3 Å². The standard InChI is InChI=1S/C20H27N3O3S/c1-21-27(25,26)18-12-9-16(10-13-18)11-14-20(24)22-15-19(23(2)3)17-7-5-4-6-8-17/h4-10,12-13,19,21H,11,14-15H2,1-3H3,(H,22,24). The van der Waals surface area contributed by atoms with E-state index in [9.17, 15) is 13.2 Å². The van der Waals surface area contributed by atoms with Crippen LogP contribution in [-0.4, -0.2) is 46.9 Å².